The number of hydrogen-bond donors (Lipinski definition) is 4. The molecule has 3 heterocycles. The largest absolute Gasteiger partial charge is 0.489 e. The lowest BCUT2D eigenvalue weighted by Crippen LogP contribution is -1.95. The molecule has 3 aromatic heterocycles. The SMILES string of the molecule is CC(=C(C#N)C#N)c1ccc(Oc2cccc(OCc3ccccc3)c2)cc1.Nc1ncnc2n[nH]c(-c3ccc(Oc4cccc(OCc5ccccc5)c4)cc3)c12.[C-]#[N+]c1c(N)n[nH]c1-c1ccc(Oc2cccc(OCc3ccccc3)c2)cc1. The van der Waals surface area contributed by atoms with Crippen LogP contribution in [-0.2, 0) is 19.8 Å². The van der Waals surface area contributed by atoms with E-state index in [0.29, 0.717) is 88.1 Å². The van der Waals surface area contributed by atoms with Crippen molar-refractivity contribution < 1.29 is 28.4 Å². The highest BCUT2D eigenvalue weighted by molar-refractivity contribution is 5.97. The number of hydrogen-bond acceptors (Lipinski definition) is 14. The maximum Gasteiger partial charge on any atom is 0.254 e. The van der Waals surface area contributed by atoms with Crippen LogP contribution in [0.1, 0.15) is 29.2 Å². The third kappa shape index (κ3) is 15.7. The van der Waals surface area contributed by atoms with E-state index in [1.807, 2.05) is 249 Å². The first-order valence-corrected chi connectivity index (χ1v) is 27.5. The number of aromatic nitrogens is 6. The highest BCUT2D eigenvalue weighted by Gasteiger charge is 2.15. The van der Waals surface area contributed by atoms with Crippen molar-refractivity contribution in [1.82, 2.24) is 30.4 Å². The van der Waals surface area contributed by atoms with Crippen molar-refractivity contribution in [2.75, 3.05) is 11.5 Å². The summed E-state index contributed by atoms with van der Waals surface area (Å²) in [5, 5.41) is 32.5. The molecule has 0 aliphatic rings. The topological polar surface area (TPSA) is 242 Å². The molecule has 0 aliphatic heterocycles. The van der Waals surface area contributed by atoms with E-state index in [2.05, 4.69) is 35.2 Å². The molecule has 9 aromatic carbocycles. The minimum absolute atomic E-state index is 0.108. The summed E-state index contributed by atoms with van der Waals surface area (Å²) in [6.07, 6.45) is 1.40. The fourth-order valence-electron chi connectivity index (χ4n) is 8.75. The van der Waals surface area contributed by atoms with Crippen molar-refractivity contribution in [3.05, 3.63) is 282 Å². The molecule has 0 atom stereocenters. The zero-order valence-corrected chi connectivity index (χ0v) is 47.5. The Morgan fingerprint density at radius 1 is 0.455 bits per heavy atom. The summed E-state index contributed by atoms with van der Waals surface area (Å²) >= 11 is 0. The Morgan fingerprint density at radius 2 is 0.852 bits per heavy atom. The summed E-state index contributed by atoms with van der Waals surface area (Å²) in [7, 11) is 0. The first-order chi connectivity index (χ1) is 43.2. The molecule has 0 unspecified atom stereocenters. The lowest BCUT2D eigenvalue weighted by Gasteiger charge is -2.10. The van der Waals surface area contributed by atoms with Crippen molar-refractivity contribution >= 4 is 33.9 Å². The van der Waals surface area contributed by atoms with E-state index in [0.717, 1.165) is 56.3 Å². The maximum atomic E-state index is 8.98. The number of fused-ring (bicyclic) bond motifs is 1. The van der Waals surface area contributed by atoms with E-state index in [9.17, 15) is 0 Å². The molecule has 0 fully saturated rings. The van der Waals surface area contributed by atoms with Gasteiger partial charge in [0, 0.05) is 23.8 Å². The van der Waals surface area contributed by atoms with Gasteiger partial charge in [-0.3, -0.25) is 10.2 Å². The van der Waals surface area contributed by atoms with Gasteiger partial charge < -0.3 is 39.9 Å². The minimum Gasteiger partial charge on any atom is -0.489 e. The molecule has 0 radical (unpaired) electrons. The van der Waals surface area contributed by atoms with Gasteiger partial charge in [-0.2, -0.15) is 20.7 Å². The maximum absolute atomic E-state index is 8.98. The van der Waals surface area contributed by atoms with E-state index in [4.69, 9.17) is 57.0 Å². The molecule has 430 valence electrons. The fourth-order valence-corrected chi connectivity index (χ4v) is 8.75. The molecule has 0 amide bonds. The van der Waals surface area contributed by atoms with Crippen LogP contribution >= 0.6 is 0 Å². The molecule has 12 rings (SSSR count). The number of aromatic amines is 2. The lowest BCUT2D eigenvalue weighted by atomic mass is 10.0. The number of H-pyrrole nitrogens is 2. The van der Waals surface area contributed by atoms with Crippen LogP contribution in [0.3, 0.4) is 0 Å². The molecule has 0 saturated heterocycles. The number of allylic oxidation sites excluding steroid dienone is 2. The molecule has 0 spiro atoms. The first-order valence-electron chi connectivity index (χ1n) is 27.5. The van der Waals surface area contributed by atoms with Crippen LogP contribution in [-0.4, -0.2) is 30.4 Å². The van der Waals surface area contributed by atoms with Crippen LogP contribution in [0.4, 0.5) is 17.3 Å². The van der Waals surface area contributed by atoms with E-state index >= 15 is 0 Å². The molecule has 88 heavy (non-hydrogen) atoms. The predicted molar refractivity (Wildman–Crippen MR) is 338 cm³/mol. The van der Waals surface area contributed by atoms with Gasteiger partial charge in [0.1, 0.15) is 101 Å². The summed E-state index contributed by atoms with van der Waals surface area (Å²) < 4.78 is 35.4. The van der Waals surface area contributed by atoms with Crippen LogP contribution < -0.4 is 39.9 Å². The molecule has 0 aliphatic carbocycles. The summed E-state index contributed by atoms with van der Waals surface area (Å²) in [5.74, 6) is 6.87. The lowest BCUT2D eigenvalue weighted by molar-refractivity contribution is 0.304. The molecule has 0 bridgehead atoms. The molecule has 0 saturated carbocycles. The monoisotopic (exact) mass is 1160 g/mol. The van der Waals surface area contributed by atoms with Gasteiger partial charge in [-0.1, -0.05) is 133 Å². The zero-order chi connectivity index (χ0) is 60.9. The average molecular weight is 1160 g/mol. The Bertz CT molecular complexity index is 4410. The Morgan fingerprint density at radius 3 is 1.27 bits per heavy atom. The van der Waals surface area contributed by atoms with Gasteiger partial charge in [0.25, 0.3) is 5.69 Å². The number of nitrogens with two attached hydrogens (primary N) is 2. The molecule has 17 heteroatoms. The van der Waals surface area contributed by atoms with E-state index in [1.165, 1.54) is 6.33 Å². The summed E-state index contributed by atoms with van der Waals surface area (Å²) in [4.78, 5) is 11.6. The molecule has 6 N–H and O–H groups in total. The van der Waals surface area contributed by atoms with Crippen molar-refractivity contribution in [1.29, 1.82) is 10.5 Å². The number of anilines is 2. The molecular weight excluding hydrogens is 1100 g/mol. The van der Waals surface area contributed by atoms with Crippen LogP contribution in [0.2, 0.25) is 0 Å². The van der Waals surface area contributed by atoms with Crippen LogP contribution in [0.5, 0.6) is 51.7 Å². The zero-order valence-electron chi connectivity index (χ0n) is 47.5. The summed E-state index contributed by atoms with van der Waals surface area (Å²) in [6.45, 7) is 10.5. The van der Waals surface area contributed by atoms with Gasteiger partial charge >= 0.3 is 0 Å². The van der Waals surface area contributed by atoms with Gasteiger partial charge in [0.05, 0.1) is 23.3 Å². The van der Waals surface area contributed by atoms with E-state index < -0.39 is 0 Å². The second-order valence-corrected chi connectivity index (χ2v) is 19.4. The summed E-state index contributed by atoms with van der Waals surface area (Å²) in [6, 6.07) is 78.7. The van der Waals surface area contributed by atoms with Crippen LogP contribution in [0.25, 0.3) is 44.0 Å². The highest BCUT2D eigenvalue weighted by Crippen LogP contribution is 2.36. The normalized spacial score (nSPS) is 10.3. The van der Waals surface area contributed by atoms with Crippen LogP contribution in [0, 0.1) is 29.2 Å². The van der Waals surface area contributed by atoms with E-state index in [-0.39, 0.29) is 11.4 Å². The number of nitriles is 2. The standard InChI is InChI=1S/C24H19N5O2.C24H18N2O2.C23H18N4O2/c25-23-21-22(28-29-24(21)27-15-26-23)17-9-11-18(12-10-17)31-20-8-4-7-19(13-20)30-14-16-5-2-1-3-6-16;1-18(21(15-25)16-26)20-10-12-22(13-11-20)28-24-9-5-8-23(14-24)27-17-19-6-3-2-4-7-19;1-25-22-21(26-27-23(22)24)17-10-12-18(13-11-17)29-20-9-5-8-19(14-20)28-15-16-6-3-2-4-7-16/h1-13,15H,14H2,(H3,25,26,27,28,29);2-14H,17H2,1H3;2-14H,15H2,(H3,24,26,27). The summed E-state index contributed by atoms with van der Waals surface area (Å²) in [5.41, 5.74) is 20.5. The van der Waals surface area contributed by atoms with Crippen LogP contribution in [0.15, 0.2) is 248 Å². The number of benzene rings is 9. The van der Waals surface area contributed by atoms with E-state index in [1.54, 1.807) is 6.92 Å². The van der Waals surface area contributed by atoms with Gasteiger partial charge in [-0.05, 0) is 125 Å². The highest BCUT2D eigenvalue weighted by atomic mass is 16.5. The van der Waals surface area contributed by atoms with Crippen molar-refractivity contribution in [2.45, 2.75) is 26.7 Å². The minimum atomic E-state index is 0.108. The Labute approximate surface area is 507 Å². The van der Waals surface area contributed by atoms with Gasteiger partial charge in [0.2, 0.25) is 0 Å². The number of nitrogens with one attached hydrogen (secondary N) is 2. The average Bonchev–Trinajstić information content (AvgIpc) is 3.03. The smallest absolute Gasteiger partial charge is 0.254 e. The van der Waals surface area contributed by atoms with Gasteiger partial charge in [0.15, 0.2) is 11.5 Å². The second kappa shape index (κ2) is 29.0. The fraction of sp³-hybridized carbons (Fsp3) is 0.0563. The van der Waals surface area contributed by atoms with Gasteiger partial charge in [-0.25, -0.2) is 14.8 Å². The Balaban J connectivity index is 0.000000146. The molecular formula is C71H55N11O6. The Hall–Kier alpha value is -12.7. The van der Waals surface area contributed by atoms with Gasteiger partial charge in [-0.15, -0.1) is 0 Å². The molecule has 17 nitrogen and oxygen atoms in total. The van der Waals surface area contributed by atoms with Crippen molar-refractivity contribution in [3.8, 4) is 86.4 Å². The van der Waals surface area contributed by atoms with Crippen molar-refractivity contribution in [3.63, 3.8) is 0 Å². The molecule has 12 aromatic rings. The predicted octanol–water partition coefficient (Wildman–Crippen LogP) is 16.4. The third-order valence-corrected chi connectivity index (χ3v) is 13.3. The number of nitrogens with zero attached hydrogens (tertiary/aromatic N) is 7. The number of ether oxygens (including phenoxy) is 6. The Kier molecular flexibility index (Phi) is 19.3. The quantitative estimate of drug-likeness (QED) is 0.0461. The second-order valence-electron chi connectivity index (χ2n) is 19.4. The van der Waals surface area contributed by atoms with Crippen molar-refractivity contribution in [2.24, 2.45) is 0 Å². The first kappa shape index (κ1) is 58.5. The number of rotatable bonds is 18. The number of nitrogen functional groups attached to an aromatic ring is 2. The third-order valence-electron chi connectivity index (χ3n) is 13.3.